The Morgan fingerprint density at radius 1 is 1.19 bits per heavy atom. The van der Waals surface area contributed by atoms with Crippen molar-refractivity contribution in [2.45, 2.75) is 18.4 Å². The fraction of sp³-hybridized carbons (Fsp3) is 0.133. The molecule has 0 heterocycles. The normalized spacial score (nSPS) is 11.3. The molecule has 0 unspecified atom stereocenters. The predicted molar refractivity (Wildman–Crippen MR) is 82.7 cm³/mol. The maximum absolute atomic E-state index is 12.2. The zero-order valence-corrected chi connectivity index (χ0v) is 12.4. The average molecular weight is 303 g/mol. The lowest BCUT2D eigenvalue weighted by Gasteiger charge is -2.08. The first-order valence-corrected chi connectivity index (χ1v) is 7.86. The summed E-state index contributed by atoms with van der Waals surface area (Å²) in [6.45, 7) is 2.04. The van der Waals surface area contributed by atoms with E-state index in [9.17, 15) is 8.42 Å². The third-order valence-corrected chi connectivity index (χ3v) is 4.43. The lowest BCUT2D eigenvalue weighted by molar-refractivity contribution is 0.581. The number of hydrogen-bond acceptors (Lipinski definition) is 3. The van der Waals surface area contributed by atoms with Gasteiger partial charge in [0.25, 0.3) is 0 Å². The molecule has 21 heavy (non-hydrogen) atoms. The van der Waals surface area contributed by atoms with Gasteiger partial charge in [0, 0.05) is 12.1 Å². The van der Waals surface area contributed by atoms with Crippen LogP contribution in [0.5, 0.6) is 0 Å². The zero-order valence-electron chi connectivity index (χ0n) is 11.6. The molecule has 0 spiro atoms. The maximum Gasteiger partial charge on any atom is 0.240 e. The van der Waals surface area contributed by atoms with Gasteiger partial charge >= 0.3 is 0 Å². The molecular weight excluding hydrogens is 286 g/mol. The number of hydrogen-bond donors (Lipinski definition) is 3. The van der Waals surface area contributed by atoms with Gasteiger partial charge in [-0.1, -0.05) is 36.4 Å². The topological polar surface area (TPSA) is 96.0 Å². The number of aryl methyl sites for hydroxylation is 1. The summed E-state index contributed by atoms with van der Waals surface area (Å²) >= 11 is 0. The van der Waals surface area contributed by atoms with Crippen LogP contribution in [-0.2, 0) is 16.6 Å². The third kappa shape index (κ3) is 3.90. The molecule has 0 radical (unpaired) electrons. The van der Waals surface area contributed by atoms with Gasteiger partial charge in [0.1, 0.15) is 5.84 Å². The summed E-state index contributed by atoms with van der Waals surface area (Å²) in [4.78, 5) is 0.253. The van der Waals surface area contributed by atoms with E-state index < -0.39 is 10.0 Å². The smallest absolute Gasteiger partial charge is 0.240 e. The second kappa shape index (κ2) is 6.07. The second-order valence-corrected chi connectivity index (χ2v) is 6.52. The summed E-state index contributed by atoms with van der Waals surface area (Å²) in [6.07, 6.45) is 0. The van der Waals surface area contributed by atoms with Crippen LogP contribution in [0.2, 0.25) is 0 Å². The molecule has 110 valence electrons. The Hall–Kier alpha value is -2.18. The Labute approximate surface area is 124 Å². The van der Waals surface area contributed by atoms with Gasteiger partial charge in [0.15, 0.2) is 0 Å². The van der Waals surface area contributed by atoms with Crippen LogP contribution >= 0.6 is 0 Å². The van der Waals surface area contributed by atoms with Crippen molar-refractivity contribution in [2.24, 2.45) is 5.73 Å². The highest BCUT2D eigenvalue weighted by molar-refractivity contribution is 7.89. The highest BCUT2D eigenvalue weighted by Gasteiger charge is 2.13. The van der Waals surface area contributed by atoms with Crippen molar-refractivity contribution in [1.29, 1.82) is 5.41 Å². The molecule has 0 aliphatic rings. The highest BCUT2D eigenvalue weighted by atomic mass is 32.2. The zero-order chi connectivity index (χ0) is 15.5. The van der Waals surface area contributed by atoms with Gasteiger partial charge in [-0.2, -0.15) is 0 Å². The first-order chi connectivity index (χ1) is 9.88. The summed E-state index contributed by atoms with van der Waals surface area (Å²) in [6, 6.07) is 13.6. The molecule has 0 atom stereocenters. The highest BCUT2D eigenvalue weighted by Crippen LogP contribution is 2.12. The van der Waals surface area contributed by atoms with Crippen molar-refractivity contribution < 1.29 is 8.42 Å². The lowest BCUT2D eigenvalue weighted by atomic mass is 10.1. The minimum atomic E-state index is -3.52. The van der Waals surface area contributed by atoms with Crippen molar-refractivity contribution in [3.63, 3.8) is 0 Å². The maximum atomic E-state index is 12.2. The van der Waals surface area contributed by atoms with Crippen LogP contribution in [0.25, 0.3) is 0 Å². The largest absolute Gasteiger partial charge is 0.384 e. The summed E-state index contributed by atoms with van der Waals surface area (Å²) in [5, 5.41) is 7.31. The van der Waals surface area contributed by atoms with Gasteiger partial charge < -0.3 is 5.73 Å². The number of benzene rings is 2. The standard InChI is InChI=1S/C15H17N3O2S/c1-11-3-2-4-14(9-11)21(19,20)18-10-12-5-7-13(8-6-12)15(16)17/h2-9,18H,10H2,1H3,(H3,16,17). The van der Waals surface area contributed by atoms with Crippen molar-refractivity contribution in [2.75, 3.05) is 0 Å². The van der Waals surface area contributed by atoms with E-state index in [0.717, 1.165) is 11.1 Å². The van der Waals surface area contributed by atoms with Crippen molar-refractivity contribution >= 4 is 15.9 Å². The quantitative estimate of drug-likeness (QED) is 0.580. The molecule has 5 nitrogen and oxygen atoms in total. The van der Waals surface area contributed by atoms with E-state index in [2.05, 4.69) is 4.72 Å². The van der Waals surface area contributed by atoms with Crippen molar-refractivity contribution in [3.05, 3.63) is 65.2 Å². The van der Waals surface area contributed by atoms with Gasteiger partial charge in [-0.15, -0.1) is 0 Å². The van der Waals surface area contributed by atoms with Crippen LogP contribution in [0.3, 0.4) is 0 Å². The molecule has 0 aromatic heterocycles. The minimum Gasteiger partial charge on any atom is -0.384 e. The summed E-state index contributed by atoms with van der Waals surface area (Å²) in [5.41, 5.74) is 7.67. The second-order valence-electron chi connectivity index (χ2n) is 4.75. The van der Waals surface area contributed by atoms with Crippen LogP contribution < -0.4 is 10.5 Å². The SMILES string of the molecule is Cc1cccc(S(=O)(=O)NCc2ccc(C(=N)N)cc2)c1. The van der Waals surface area contributed by atoms with Gasteiger partial charge in [0.2, 0.25) is 10.0 Å². The fourth-order valence-corrected chi connectivity index (χ4v) is 2.97. The molecule has 0 aliphatic carbocycles. The molecule has 2 aromatic rings. The molecule has 0 fully saturated rings. The van der Waals surface area contributed by atoms with Crippen LogP contribution in [0.4, 0.5) is 0 Å². The van der Waals surface area contributed by atoms with Gasteiger partial charge in [-0.25, -0.2) is 13.1 Å². The van der Waals surface area contributed by atoms with E-state index >= 15 is 0 Å². The first kappa shape index (κ1) is 15.2. The Bertz CT molecular complexity index is 753. The van der Waals surface area contributed by atoms with E-state index in [4.69, 9.17) is 11.1 Å². The molecule has 0 amide bonds. The number of rotatable bonds is 5. The number of nitrogen functional groups attached to an aromatic ring is 1. The molecule has 2 rings (SSSR count). The number of amidine groups is 1. The molecule has 2 aromatic carbocycles. The van der Waals surface area contributed by atoms with E-state index in [1.54, 1.807) is 42.5 Å². The van der Waals surface area contributed by atoms with Crippen molar-refractivity contribution in [1.82, 2.24) is 4.72 Å². The van der Waals surface area contributed by atoms with Crippen LogP contribution in [0.1, 0.15) is 16.7 Å². The molecule has 0 aliphatic heterocycles. The molecule has 0 bridgehead atoms. The van der Waals surface area contributed by atoms with Crippen molar-refractivity contribution in [3.8, 4) is 0 Å². The molecular formula is C15H17N3O2S. The monoisotopic (exact) mass is 303 g/mol. The van der Waals surface area contributed by atoms with Crippen LogP contribution in [-0.4, -0.2) is 14.3 Å². The Balaban J connectivity index is 2.10. The lowest BCUT2D eigenvalue weighted by Crippen LogP contribution is -2.23. The Kier molecular flexibility index (Phi) is 4.40. The summed E-state index contributed by atoms with van der Waals surface area (Å²) in [7, 11) is -3.52. The predicted octanol–water partition coefficient (Wildman–Crippen LogP) is 1.76. The Morgan fingerprint density at radius 2 is 1.86 bits per heavy atom. The number of sulfonamides is 1. The molecule has 4 N–H and O–H groups in total. The minimum absolute atomic E-state index is 0.0121. The van der Waals surface area contributed by atoms with E-state index in [0.29, 0.717) is 5.56 Å². The average Bonchev–Trinajstić information content (AvgIpc) is 2.45. The van der Waals surface area contributed by atoms with Gasteiger partial charge in [-0.05, 0) is 30.2 Å². The van der Waals surface area contributed by atoms with Crippen LogP contribution in [0.15, 0.2) is 53.4 Å². The van der Waals surface area contributed by atoms with E-state index in [-0.39, 0.29) is 17.3 Å². The molecule has 0 saturated carbocycles. The van der Waals surface area contributed by atoms with Crippen LogP contribution in [0, 0.1) is 12.3 Å². The number of nitrogens with one attached hydrogen (secondary N) is 2. The molecule has 0 saturated heterocycles. The van der Waals surface area contributed by atoms with Gasteiger partial charge in [0.05, 0.1) is 4.90 Å². The Morgan fingerprint density at radius 3 is 2.43 bits per heavy atom. The first-order valence-electron chi connectivity index (χ1n) is 6.38. The fourth-order valence-electron chi connectivity index (χ4n) is 1.85. The summed E-state index contributed by atoms with van der Waals surface area (Å²) < 4.78 is 26.9. The van der Waals surface area contributed by atoms with Gasteiger partial charge in [-0.3, -0.25) is 5.41 Å². The molecule has 6 heteroatoms. The van der Waals surface area contributed by atoms with E-state index in [1.807, 2.05) is 13.0 Å². The summed E-state index contributed by atoms with van der Waals surface area (Å²) in [5.74, 6) is -0.0121. The third-order valence-electron chi connectivity index (χ3n) is 3.03. The van der Waals surface area contributed by atoms with E-state index in [1.165, 1.54) is 0 Å². The number of nitrogens with two attached hydrogens (primary N) is 1.